The van der Waals surface area contributed by atoms with Gasteiger partial charge in [0, 0.05) is 26.2 Å². The zero-order valence-electron chi connectivity index (χ0n) is 13.2. The SMILES string of the molecule is C(CCCCNC1=NCCN1)CCCNC1=NCCN1.I.I. The van der Waals surface area contributed by atoms with Crippen LogP contribution in [0, 0.1) is 0 Å². The lowest BCUT2D eigenvalue weighted by Gasteiger charge is -2.07. The standard InChI is InChI=1S/C14H28N6.2HI/c1(3-5-7-15-13-17-9-10-18-13)2-4-6-8-16-14-19-11-12-20-14;;/h1-12H2,(H2,15,17,18)(H2,16,19,20);2*1H. The number of halogens is 2. The Kier molecular flexibility index (Phi) is 14.6. The van der Waals surface area contributed by atoms with Gasteiger partial charge in [0.2, 0.25) is 0 Å². The minimum Gasteiger partial charge on any atom is -0.356 e. The Bertz CT molecular complexity index is 303. The lowest BCUT2D eigenvalue weighted by atomic mass is 10.1. The van der Waals surface area contributed by atoms with Crippen molar-refractivity contribution in [3.8, 4) is 0 Å². The van der Waals surface area contributed by atoms with Gasteiger partial charge in [-0.2, -0.15) is 0 Å². The third-order valence-corrected chi connectivity index (χ3v) is 3.54. The van der Waals surface area contributed by atoms with Crippen LogP contribution in [0.25, 0.3) is 0 Å². The number of guanidine groups is 2. The monoisotopic (exact) mass is 536 g/mol. The fourth-order valence-electron chi connectivity index (χ4n) is 2.40. The first kappa shape index (κ1) is 22.0. The lowest BCUT2D eigenvalue weighted by Crippen LogP contribution is -2.34. The van der Waals surface area contributed by atoms with Crippen molar-refractivity contribution in [3.05, 3.63) is 0 Å². The Labute approximate surface area is 168 Å². The third kappa shape index (κ3) is 9.90. The number of unbranched alkanes of at least 4 members (excludes halogenated alkanes) is 5. The molecule has 0 aromatic rings. The van der Waals surface area contributed by atoms with E-state index in [0.29, 0.717) is 0 Å². The van der Waals surface area contributed by atoms with E-state index in [4.69, 9.17) is 0 Å². The molecule has 4 N–H and O–H groups in total. The summed E-state index contributed by atoms with van der Waals surface area (Å²) in [4.78, 5) is 8.62. The number of nitrogens with zero attached hydrogens (tertiary/aromatic N) is 2. The topological polar surface area (TPSA) is 72.8 Å². The van der Waals surface area contributed by atoms with Crippen molar-refractivity contribution in [1.82, 2.24) is 21.3 Å². The number of hydrogen-bond acceptors (Lipinski definition) is 6. The average molecular weight is 536 g/mol. The van der Waals surface area contributed by atoms with E-state index in [1.165, 1.54) is 38.5 Å². The van der Waals surface area contributed by atoms with Crippen molar-refractivity contribution >= 4 is 59.9 Å². The second-order valence-corrected chi connectivity index (χ2v) is 5.29. The molecule has 0 atom stereocenters. The zero-order valence-corrected chi connectivity index (χ0v) is 17.9. The van der Waals surface area contributed by atoms with Gasteiger partial charge in [0.1, 0.15) is 0 Å². The molecule has 8 heteroatoms. The van der Waals surface area contributed by atoms with Crippen molar-refractivity contribution < 1.29 is 0 Å². The minimum atomic E-state index is 0. The quantitative estimate of drug-likeness (QED) is 0.268. The average Bonchev–Trinajstić information content (AvgIpc) is 3.14. The molecule has 0 saturated heterocycles. The summed E-state index contributed by atoms with van der Waals surface area (Å²) in [7, 11) is 0. The maximum absolute atomic E-state index is 4.31. The van der Waals surface area contributed by atoms with Crippen LogP contribution in [0.1, 0.15) is 38.5 Å². The van der Waals surface area contributed by atoms with Gasteiger partial charge < -0.3 is 21.3 Å². The van der Waals surface area contributed by atoms with Gasteiger partial charge in [-0.15, -0.1) is 48.0 Å². The van der Waals surface area contributed by atoms with E-state index in [1.807, 2.05) is 0 Å². The van der Waals surface area contributed by atoms with Gasteiger partial charge in [-0.3, -0.25) is 9.98 Å². The Balaban J connectivity index is 0.00000220. The Morgan fingerprint density at radius 3 is 1.45 bits per heavy atom. The molecule has 0 bridgehead atoms. The molecule has 0 unspecified atom stereocenters. The highest BCUT2D eigenvalue weighted by atomic mass is 127. The maximum atomic E-state index is 4.31. The molecular weight excluding hydrogens is 506 g/mol. The first-order chi connectivity index (χ1) is 9.95. The fourth-order valence-corrected chi connectivity index (χ4v) is 2.40. The molecule has 0 aliphatic carbocycles. The first-order valence-electron chi connectivity index (χ1n) is 7.99. The molecule has 0 spiro atoms. The van der Waals surface area contributed by atoms with Gasteiger partial charge in [-0.25, -0.2) is 0 Å². The smallest absolute Gasteiger partial charge is 0.191 e. The van der Waals surface area contributed by atoms with E-state index in [2.05, 4.69) is 31.3 Å². The van der Waals surface area contributed by atoms with Gasteiger partial charge in [0.15, 0.2) is 11.9 Å². The second kappa shape index (κ2) is 14.6. The normalized spacial score (nSPS) is 15.6. The van der Waals surface area contributed by atoms with Crippen molar-refractivity contribution in [2.75, 3.05) is 39.3 Å². The van der Waals surface area contributed by atoms with Crippen LogP contribution in [0.3, 0.4) is 0 Å². The van der Waals surface area contributed by atoms with E-state index >= 15 is 0 Å². The predicted octanol–water partition coefficient (Wildman–Crippen LogP) is 1.66. The zero-order chi connectivity index (χ0) is 13.9. The molecule has 6 nitrogen and oxygen atoms in total. The Hall–Kier alpha value is 0. The van der Waals surface area contributed by atoms with Crippen molar-refractivity contribution in [2.45, 2.75) is 38.5 Å². The summed E-state index contributed by atoms with van der Waals surface area (Å²) in [5, 5.41) is 13.1. The maximum Gasteiger partial charge on any atom is 0.191 e. The molecule has 0 radical (unpaired) electrons. The molecule has 0 aromatic carbocycles. The van der Waals surface area contributed by atoms with Gasteiger partial charge in [-0.05, 0) is 12.8 Å². The van der Waals surface area contributed by atoms with Gasteiger partial charge in [0.05, 0.1) is 13.1 Å². The highest BCUT2D eigenvalue weighted by molar-refractivity contribution is 14.0. The van der Waals surface area contributed by atoms with E-state index < -0.39 is 0 Å². The molecule has 2 aliphatic rings. The summed E-state index contributed by atoms with van der Waals surface area (Å²) in [6.45, 7) is 5.88. The number of aliphatic imine (C=N–C) groups is 2. The molecule has 22 heavy (non-hydrogen) atoms. The van der Waals surface area contributed by atoms with E-state index in [-0.39, 0.29) is 48.0 Å². The van der Waals surface area contributed by atoms with Crippen LogP contribution in [-0.2, 0) is 0 Å². The molecule has 0 saturated carbocycles. The fraction of sp³-hybridized carbons (Fsp3) is 0.857. The molecular formula is C14H30I2N6. The summed E-state index contributed by atoms with van der Waals surface area (Å²) in [5.74, 6) is 1.97. The van der Waals surface area contributed by atoms with Crippen LogP contribution in [0.4, 0.5) is 0 Å². The third-order valence-electron chi connectivity index (χ3n) is 3.54. The largest absolute Gasteiger partial charge is 0.356 e. The Morgan fingerprint density at radius 2 is 1.09 bits per heavy atom. The van der Waals surface area contributed by atoms with Crippen molar-refractivity contribution in [2.24, 2.45) is 9.98 Å². The van der Waals surface area contributed by atoms with Crippen LogP contribution in [-0.4, -0.2) is 51.2 Å². The number of nitrogens with one attached hydrogen (secondary N) is 4. The Morgan fingerprint density at radius 1 is 0.682 bits per heavy atom. The molecule has 0 amide bonds. The summed E-state index contributed by atoms with van der Waals surface area (Å²) < 4.78 is 0. The minimum absolute atomic E-state index is 0. The van der Waals surface area contributed by atoms with Gasteiger partial charge >= 0.3 is 0 Å². The summed E-state index contributed by atoms with van der Waals surface area (Å²) in [6.07, 6.45) is 7.75. The predicted molar refractivity (Wildman–Crippen MR) is 115 cm³/mol. The van der Waals surface area contributed by atoms with Gasteiger partial charge in [0.25, 0.3) is 0 Å². The van der Waals surface area contributed by atoms with Crippen LogP contribution in [0.2, 0.25) is 0 Å². The molecule has 2 heterocycles. The van der Waals surface area contributed by atoms with Crippen molar-refractivity contribution in [1.29, 1.82) is 0 Å². The number of hydrogen-bond donors (Lipinski definition) is 4. The van der Waals surface area contributed by atoms with Crippen LogP contribution >= 0.6 is 48.0 Å². The number of rotatable bonds is 9. The highest BCUT2D eigenvalue weighted by Gasteiger charge is 2.03. The summed E-state index contributed by atoms with van der Waals surface area (Å²) in [6, 6.07) is 0. The molecule has 2 rings (SSSR count). The molecule has 2 aliphatic heterocycles. The van der Waals surface area contributed by atoms with E-state index in [0.717, 1.165) is 51.2 Å². The molecule has 130 valence electrons. The lowest BCUT2D eigenvalue weighted by molar-refractivity contribution is 0.584. The van der Waals surface area contributed by atoms with Crippen LogP contribution in [0.5, 0.6) is 0 Å². The van der Waals surface area contributed by atoms with Gasteiger partial charge in [-0.1, -0.05) is 25.7 Å². The van der Waals surface area contributed by atoms with E-state index in [9.17, 15) is 0 Å². The summed E-state index contributed by atoms with van der Waals surface area (Å²) in [5.41, 5.74) is 0. The summed E-state index contributed by atoms with van der Waals surface area (Å²) >= 11 is 0. The highest BCUT2D eigenvalue weighted by Crippen LogP contribution is 2.04. The molecule has 0 aromatic heterocycles. The second-order valence-electron chi connectivity index (χ2n) is 5.29. The van der Waals surface area contributed by atoms with Crippen LogP contribution < -0.4 is 21.3 Å². The van der Waals surface area contributed by atoms with E-state index in [1.54, 1.807) is 0 Å². The van der Waals surface area contributed by atoms with Crippen molar-refractivity contribution in [3.63, 3.8) is 0 Å². The van der Waals surface area contributed by atoms with Crippen LogP contribution in [0.15, 0.2) is 9.98 Å². The molecule has 0 fully saturated rings. The first-order valence-corrected chi connectivity index (χ1v) is 7.99.